The van der Waals surface area contributed by atoms with Gasteiger partial charge in [-0.15, -0.1) is 0 Å². The summed E-state index contributed by atoms with van der Waals surface area (Å²) in [6, 6.07) is 11.6. The fourth-order valence-electron chi connectivity index (χ4n) is 3.17. The van der Waals surface area contributed by atoms with Crippen molar-refractivity contribution in [3.05, 3.63) is 91.4 Å². The van der Waals surface area contributed by atoms with Gasteiger partial charge in [0.1, 0.15) is 11.5 Å². The van der Waals surface area contributed by atoms with E-state index in [1.165, 1.54) is 42.5 Å². The van der Waals surface area contributed by atoms with E-state index in [-0.39, 0.29) is 37.5 Å². The second-order valence-corrected chi connectivity index (χ2v) is 9.30. The van der Waals surface area contributed by atoms with Crippen molar-refractivity contribution in [2.24, 2.45) is 0 Å². The van der Waals surface area contributed by atoms with Crippen molar-refractivity contribution in [3.63, 3.8) is 0 Å². The molecule has 3 aromatic rings. The van der Waals surface area contributed by atoms with E-state index in [9.17, 15) is 23.2 Å². The first-order chi connectivity index (χ1) is 13.5. The maximum absolute atomic E-state index is 13.0. The number of rotatable bonds is 4. The van der Waals surface area contributed by atoms with Gasteiger partial charge < -0.3 is 10.2 Å². The highest BCUT2D eigenvalue weighted by Gasteiger charge is 2.51. The van der Waals surface area contributed by atoms with Gasteiger partial charge in [0.05, 0.1) is 10.0 Å². The summed E-state index contributed by atoms with van der Waals surface area (Å²) in [5, 5.41) is 20.2. The predicted octanol–water partition coefficient (Wildman–Crippen LogP) is 5.89. The van der Waals surface area contributed by atoms with Crippen LogP contribution in [-0.2, 0) is 14.9 Å². The fraction of sp³-hybridized carbons (Fsp3) is 0.0526. The fourth-order valence-corrected chi connectivity index (χ4v) is 5.31. The molecule has 0 saturated heterocycles. The molecule has 3 N–H and O–H groups in total. The normalized spacial score (nSPS) is 13.8. The van der Waals surface area contributed by atoms with Gasteiger partial charge in [-0.25, -0.2) is 0 Å². The standard InChI is InChI=1S/C19H12Cl4O5S/c20-12-4-1-10(2-5-12)19(29(26,27)28,11-3-8-16(24)15(23)9-11)17-13(21)6-7-14(22)18(17)25/h1-9,24-25H,(H,26,27,28). The molecule has 1 unspecified atom stereocenters. The Bertz CT molecular complexity index is 1200. The summed E-state index contributed by atoms with van der Waals surface area (Å²) < 4.78 is 34.0. The minimum atomic E-state index is -5.08. The van der Waals surface area contributed by atoms with Crippen LogP contribution in [0.4, 0.5) is 0 Å². The molecule has 0 saturated carbocycles. The van der Waals surface area contributed by atoms with Crippen molar-refractivity contribution in [2.75, 3.05) is 0 Å². The third kappa shape index (κ3) is 3.65. The van der Waals surface area contributed by atoms with Gasteiger partial charge in [-0.1, -0.05) is 64.6 Å². The number of phenolic OH excluding ortho intramolecular Hbond substituents is 2. The first-order valence-corrected chi connectivity index (χ1v) is 10.8. The maximum Gasteiger partial charge on any atom is 0.283 e. The second-order valence-electron chi connectivity index (χ2n) is 6.08. The Morgan fingerprint density at radius 3 is 1.83 bits per heavy atom. The Balaban J connectivity index is 2.61. The van der Waals surface area contributed by atoms with Crippen LogP contribution >= 0.6 is 46.4 Å². The average molecular weight is 494 g/mol. The number of phenols is 2. The van der Waals surface area contributed by atoms with Crippen LogP contribution in [0.2, 0.25) is 20.1 Å². The van der Waals surface area contributed by atoms with E-state index in [4.69, 9.17) is 46.4 Å². The molecule has 5 nitrogen and oxygen atoms in total. The second kappa shape index (κ2) is 7.87. The SMILES string of the molecule is O=S(=O)(O)C(c1ccc(Cl)cc1)(c1ccc(O)c(Cl)c1)c1c(Cl)ccc(Cl)c1O. The summed E-state index contributed by atoms with van der Waals surface area (Å²) in [5.41, 5.74) is -0.464. The topological polar surface area (TPSA) is 94.8 Å². The smallest absolute Gasteiger partial charge is 0.283 e. The molecule has 3 aromatic carbocycles. The molecule has 0 aliphatic carbocycles. The Morgan fingerprint density at radius 2 is 1.28 bits per heavy atom. The maximum atomic E-state index is 13.0. The van der Waals surface area contributed by atoms with Gasteiger partial charge in [0.2, 0.25) is 0 Å². The summed E-state index contributed by atoms with van der Waals surface area (Å²) in [5.74, 6) is -0.951. The minimum Gasteiger partial charge on any atom is -0.506 e. The summed E-state index contributed by atoms with van der Waals surface area (Å²) >= 11 is 24.3. The Kier molecular flexibility index (Phi) is 5.98. The van der Waals surface area contributed by atoms with Gasteiger partial charge in [0.15, 0.2) is 4.75 Å². The summed E-state index contributed by atoms with van der Waals surface area (Å²) in [7, 11) is -5.08. The Hall–Kier alpha value is -1.67. The number of aromatic hydroxyl groups is 2. The van der Waals surface area contributed by atoms with Crippen LogP contribution in [0.25, 0.3) is 0 Å². The lowest BCUT2D eigenvalue weighted by molar-refractivity contribution is 0.440. The Morgan fingerprint density at radius 1 is 0.724 bits per heavy atom. The number of benzene rings is 3. The number of hydrogen-bond acceptors (Lipinski definition) is 4. The van der Waals surface area contributed by atoms with Gasteiger partial charge in [0, 0.05) is 15.6 Å². The van der Waals surface area contributed by atoms with E-state index >= 15 is 0 Å². The molecule has 3 rings (SSSR count). The molecule has 29 heavy (non-hydrogen) atoms. The van der Waals surface area contributed by atoms with Gasteiger partial charge in [-0.3, -0.25) is 4.55 Å². The van der Waals surface area contributed by atoms with Crippen molar-refractivity contribution < 1.29 is 23.2 Å². The van der Waals surface area contributed by atoms with Gasteiger partial charge in [0.25, 0.3) is 10.1 Å². The highest BCUT2D eigenvalue weighted by atomic mass is 35.5. The molecule has 0 aliphatic rings. The largest absolute Gasteiger partial charge is 0.506 e. The highest BCUT2D eigenvalue weighted by molar-refractivity contribution is 7.87. The number of halogens is 4. The van der Waals surface area contributed by atoms with E-state index in [0.29, 0.717) is 5.02 Å². The zero-order valence-electron chi connectivity index (χ0n) is 14.3. The van der Waals surface area contributed by atoms with Crippen LogP contribution in [-0.4, -0.2) is 23.2 Å². The third-order valence-corrected chi connectivity index (χ3v) is 7.05. The van der Waals surface area contributed by atoms with E-state index < -0.39 is 20.6 Å². The third-order valence-electron chi connectivity index (χ3n) is 4.42. The van der Waals surface area contributed by atoms with Crippen LogP contribution in [0, 0.1) is 0 Å². The van der Waals surface area contributed by atoms with Gasteiger partial charge in [-0.05, 0) is 47.5 Å². The van der Waals surface area contributed by atoms with Crippen molar-refractivity contribution in [3.8, 4) is 11.5 Å². The van der Waals surface area contributed by atoms with E-state index in [1.54, 1.807) is 0 Å². The van der Waals surface area contributed by atoms with E-state index in [2.05, 4.69) is 0 Å². The van der Waals surface area contributed by atoms with Crippen molar-refractivity contribution >= 4 is 56.5 Å². The molecule has 0 aliphatic heterocycles. The van der Waals surface area contributed by atoms with Crippen LogP contribution < -0.4 is 0 Å². The predicted molar refractivity (Wildman–Crippen MR) is 114 cm³/mol. The summed E-state index contributed by atoms with van der Waals surface area (Å²) in [6.07, 6.45) is 0. The zero-order valence-corrected chi connectivity index (χ0v) is 18.1. The lowest BCUT2D eigenvalue weighted by Crippen LogP contribution is -2.38. The van der Waals surface area contributed by atoms with Crippen molar-refractivity contribution in [1.29, 1.82) is 0 Å². The minimum absolute atomic E-state index is 0.00521. The molecule has 0 fully saturated rings. The van der Waals surface area contributed by atoms with Crippen LogP contribution in [0.1, 0.15) is 16.7 Å². The van der Waals surface area contributed by atoms with Crippen LogP contribution in [0.15, 0.2) is 54.6 Å². The Labute approximate surface area is 186 Å². The molecular formula is C19H12Cl4O5S. The van der Waals surface area contributed by atoms with Crippen molar-refractivity contribution in [2.45, 2.75) is 4.75 Å². The van der Waals surface area contributed by atoms with Gasteiger partial charge in [-0.2, -0.15) is 8.42 Å². The lowest BCUT2D eigenvalue weighted by atomic mass is 9.83. The summed E-state index contributed by atoms with van der Waals surface area (Å²) in [4.78, 5) is 0. The molecule has 0 radical (unpaired) electrons. The van der Waals surface area contributed by atoms with Crippen LogP contribution in [0.3, 0.4) is 0 Å². The van der Waals surface area contributed by atoms with Crippen LogP contribution in [0.5, 0.6) is 11.5 Å². The quantitative estimate of drug-likeness (QED) is 0.311. The molecule has 0 bridgehead atoms. The zero-order chi connectivity index (χ0) is 21.6. The van der Waals surface area contributed by atoms with E-state index in [1.807, 2.05) is 0 Å². The first kappa shape index (κ1) is 22.0. The molecule has 0 amide bonds. The van der Waals surface area contributed by atoms with E-state index in [0.717, 1.165) is 12.1 Å². The molecular weight excluding hydrogens is 482 g/mol. The molecule has 152 valence electrons. The lowest BCUT2D eigenvalue weighted by Gasteiger charge is -2.34. The van der Waals surface area contributed by atoms with Crippen molar-refractivity contribution in [1.82, 2.24) is 0 Å². The first-order valence-electron chi connectivity index (χ1n) is 7.89. The number of hydrogen-bond donors (Lipinski definition) is 3. The molecule has 0 aromatic heterocycles. The monoisotopic (exact) mass is 492 g/mol. The highest BCUT2D eigenvalue weighted by Crippen LogP contribution is 2.52. The molecule has 0 spiro atoms. The molecule has 10 heteroatoms. The average Bonchev–Trinajstić information content (AvgIpc) is 2.64. The summed E-state index contributed by atoms with van der Waals surface area (Å²) in [6.45, 7) is 0. The molecule has 0 heterocycles. The van der Waals surface area contributed by atoms with Gasteiger partial charge >= 0.3 is 0 Å². The molecule has 1 atom stereocenters.